The monoisotopic (exact) mass is 285 g/mol. The molecular weight excluding hydrogens is 274 g/mol. The topological polar surface area (TPSA) is 65.8 Å². The Labute approximate surface area is 121 Å². The first-order valence-electron chi connectivity index (χ1n) is 6.44. The fourth-order valence-electron chi connectivity index (χ4n) is 2.24. The number of hydrogen-bond acceptors (Lipinski definition) is 3. The minimum atomic E-state index is -0.419. The molecule has 5 heteroatoms. The second kappa shape index (κ2) is 5.10. The van der Waals surface area contributed by atoms with Crippen LogP contribution in [0.4, 0.5) is 0 Å². The fraction of sp³-hybridized carbons (Fsp3) is 0.267. The van der Waals surface area contributed by atoms with E-state index in [2.05, 4.69) is 16.4 Å². The van der Waals surface area contributed by atoms with E-state index in [0.717, 1.165) is 23.6 Å². The minimum Gasteiger partial charge on any atom is -0.336 e. The van der Waals surface area contributed by atoms with Crippen LogP contribution in [0.2, 0.25) is 5.15 Å². The number of halogens is 1. The predicted octanol–water partition coefficient (Wildman–Crippen LogP) is 2.92. The van der Waals surface area contributed by atoms with Crippen molar-refractivity contribution in [3.8, 4) is 6.07 Å². The molecule has 3 rings (SSSR count). The summed E-state index contributed by atoms with van der Waals surface area (Å²) in [4.78, 5) is 16.4. The highest BCUT2D eigenvalue weighted by molar-refractivity contribution is 6.34. The molecule has 1 heterocycles. The number of rotatable bonds is 3. The zero-order valence-corrected chi connectivity index (χ0v) is 11.4. The summed E-state index contributed by atoms with van der Waals surface area (Å²) >= 11 is 6.03. The smallest absolute Gasteiger partial charge is 0.254 e. The number of amides is 1. The molecule has 100 valence electrons. The maximum absolute atomic E-state index is 12.3. The van der Waals surface area contributed by atoms with Crippen LogP contribution in [0.3, 0.4) is 0 Å². The Morgan fingerprint density at radius 1 is 1.40 bits per heavy atom. The summed E-state index contributed by atoms with van der Waals surface area (Å²) in [5, 5.41) is 13.7. The highest BCUT2D eigenvalue weighted by Gasteiger charge is 2.32. The molecule has 1 aromatic carbocycles. The summed E-state index contributed by atoms with van der Waals surface area (Å²) < 4.78 is 0. The van der Waals surface area contributed by atoms with Gasteiger partial charge >= 0.3 is 0 Å². The number of pyridine rings is 1. The fourth-order valence-corrected chi connectivity index (χ4v) is 2.46. The van der Waals surface area contributed by atoms with Gasteiger partial charge in [0.2, 0.25) is 0 Å². The average Bonchev–Trinajstić information content (AvgIpc) is 3.30. The Morgan fingerprint density at radius 2 is 2.10 bits per heavy atom. The Hall–Kier alpha value is -2.12. The van der Waals surface area contributed by atoms with Crippen LogP contribution in [0.25, 0.3) is 10.8 Å². The quantitative estimate of drug-likeness (QED) is 0.882. The largest absolute Gasteiger partial charge is 0.336 e. The van der Waals surface area contributed by atoms with Crippen LogP contribution in [0, 0.1) is 17.2 Å². The molecule has 0 saturated heterocycles. The number of nitrogens with one attached hydrogen (secondary N) is 1. The van der Waals surface area contributed by atoms with Gasteiger partial charge in [-0.2, -0.15) is 5.26 Å². The summed E-state index contributed by atoms with van der Waals surface area (Å²) in [5.41, 5.74) is 0.450. The van der Waals surface area contributed by atoms with Gasteiger partial charge in [0.15, 0.2) is 0 Å². The van der Waals surface area contributed by atoms with Gasteiger partial charge in [0.05, 0.1) is 11.6 Å². The number of hydrogen-bond donors (Lipinski definition) is 1. The van der Waals surface area contributed by atoms with E-state index in [-0.39, 0.29) is 11.8 Å². The molecule has 1 fully saturated rings. The SMILES string of the molecule is N#CC(NC(=O)c1cnc(Cl)c2ccccc12)C1CC1. The van der Waals surface area contributed by atoms with Crippen molar-refractivity contribution >= 4 is 28.3 Å². The highest BCUT2D eigenvalue weighted by atomic mass is 35.5. The zero-order chi connectivity index (χ0) is 14.1. The first-order chi connectivity index (χ1) is 9.70. The van der Waals surface area contributed by atoms with E-state index in [1.54, 1.807) is 0 Å². The van der Waals surface area contributed by atoms with Crippen LogP contribution < -0.4 is 5.32 Å². The molecule has 1 unspecified atom stereocenters. The van der Waals surface area contributed by atoms with Crippen molar-refractivity contribution in [2.24, 2.45) is 5.92 Å². The van der Waals surface area contributed by atoms with Crippen molar-refractivity contribution in [2.45, 2.75) is 18.9 Å². The lowest BCUT2D eigenvalue weighted by molar-refractivity contribution is 0.0943. The first-order valence-corrected chi connectivity index (χ1v) is 6.82. The van der Waals surface area contributed by atoms with Crippen molar-refractivity contribution in [3.63, 3.8) is 0 Å². The van der Waals surface area contributed by atoms with E-state index >= 15 is 0 Å². The summed E-state index contributed by atoms with van der Waals surface area (Å²) in [6.45, 7) is 0. The molecule has 1 atom stereocenters. The lowest BCUT2D eigenvalue weighted by Crippen LogP contribution is -2.35. The molecule has 4 nitrogen and oxygen atoms in total. The Balaban J connectivity index is 1.95. The van der Waals surface area contributed by atoms with Gasteiger partial charge in [-0.25, -0.2) is 4.98 Å². The van der Waals surface area contributed by atoms with Crippen molar-refractivity contribution in [1.82, 2.24) is 10.3 Å². The molecule has 1 aliphatic rings. The number of carbonyl (C=O) groups is 1. The molecule has 1 aliphatic carbocycles. The molecule has 0 bridgehead atoms. The van der Waals surface area contributed by atoms with E-state index < -0.39 is 6.04 Å². The number of fused-ring (bicyclic) bond motifs is 1. The Bertz CT molecular complexity index is 719. The summed E-state index contributed by atoms with van der Waals surface area (Å²) in [7, 11) is 0. The van der Waals surface area contributed by atoms with Gasteiger partial charge in [-0.3, -0.25) is 4.79 Å². The second-order valence-electron chi connectivity index (χ2n) is 4.93. The number of nitrogens with zero attached hydrogens (tertiary/aromatic N) is 2. The maximum Gasteiger partial charge on any atom is 0.254 e. The molecule has 1 N–H and O–H groups in total. The summed E-state index contributed by atoms with van der Waals surface area (Å²) in [6.07, 6.45) is 3.46. The van der Waals surface area contributed by atoms with E-state index in [1.165, 1.54) is 6.20 Å². The first kappa shape index (κ1) is 12.9. The Kier molecular flexibility index (Phi) is 3.29. The molecule has 1 saturated carbocycles. The van der Waals surface area contributed by atoms with Crippen LogP contribution in [0.1, 0.15) is 23.2 Å². The molecule has 1 amide bonds. The minimum absolute atomic E-state index is 0.274. The maximum atomic E-state index is 12.3. The van der Waals surface area contributed by atoms with Crippen LogP contribution in [-0.4, -0.2) is 16.9 Å². The molecule has 0 aliphatic heterocycles. The lowest BCUT2D eigenvalue weighted by atomic mass is 10.1. The van der Waals surface area contributed by atoms with Crippen molar-refractivity contribution in [1.29, 1.82) is 5.26 Å². The number of nitriles is 1. The third-order valence-electron chi connectivity index (χ3n) is 3.51. The van der Waals surface area contributed by atoms with E-state index in [0.29, 0.717) is 10.7 Å². The summed E-state index contributed by atoms with van der Waals surface area (Å²) in [6, 6.07) is 9.07. The molecule has 0 spiro atoms. The van der Waals surface area contributed by atoms with E-state index in [4.69, 9.17) is 16.9 Å². The number of carbonyl (C=O) groups excluding carboxylic acids is 1. The van der Waals surface area contributed by atoms with E-state index in [1.807, 2.05) is 24.3 Å². The van der Waals surface area contributed by atoms with Crippen LogP contribution in [-0.2, 0) is 0 Å². The molecule has 1 aromatic heterocycles. The standard InChI is InChI=1S/C15H12ClN3O/c16-14-11-4-2-1-3-10(11)12(8-18-14)15(20)19-13(7-17)9-5-6-9/h1-4,8-9,13H,5-6H2,(H,19,20). The van der Waals surface area contributed by atoms with Gasteiger partial charge in [0, 0.05) is 11.6 Å². The van der Waals surface area contributed by atoms with Crippen molar-refractivity contribution < 1.29 is 4.79 Å². The van der Waals surface area contributed by atoms with Crippen LogP contribution in [0.5, 0.6) is 0 Å². The van der Waals surface area contributed by atoms with Crippen molar-refractivity contribution in [2.75, 3.05) is 0 Å². The Morgan fingerprint density at radius 3 is 2.75 bits per heavy atom. The number of aromatic nitrogens is 1. The normalized spacial score (nSPS) is 15.6. The van der Waals surface area contributed by atoms with Gasteiger partial charge in [0.25, 0.3) is 5.91 Å². The van der Waals surface area contributed by atoms with Crippen molar-refractivity contribution in [3.05, 3.63) is 41.2 Å². The van der Waals surface area contributed by atoms with Gasteiger partial charge in [-0.15, -0.1) is 0 Å². The summed E-state index contributed by atoms with van der Waals surface area (Å²) in [5.74, 6) is 0.0132. The van der Waals surface area contributed by atoms with Gasteiger partial charge in [-0.05, 0) is 24.1 Å². The molecule has 0 radical (unpaired) electrons. The van der Waals surface area contributed by atoms with Gasteiger partial charge in [-0.1, -0.05) is 35.9 Å². The molecule has 20 heavy (non-hydrogen) atoms. The molecular formula is C15H12ClN3O. The predicted molar refractivity (Wildman–Crippen MR) is 76.3 cm³/mol. The van der Waals surface area contributed by atoms with Crippen LogP contribution >= 0.6 is 11.6 Å². The van der Waals surface area contributed by atoms with Crippen LogP contribution in [0.15, 0.2) is 30.5 Å². The van der Waals surface area contributed by atoms with E-state index in [9.17, 15) is 4.79 Å². The number of benzene rings is 1. The lowest BCUT2D eigenvalue weighted by Gasteiger charge is -2.12. The zero-order valence-electron chi connectivity index (χ0n) is 10.6. The van der Waals surface area contributed by atoms with Gasteiger partial charge < -0.3 is 5.32 Å². The third-order valence-corrected chi connectivity index (χ3v) is 3.81. The molecule has 2 aromatic rings. The van der Waals surface area contributed by atoms with Gasteiger partial charge in [0.1, 0.15) is 11.2 Å². The highest BCUT2D eigenvalue weighted by Crippen LogP contribution is 2.32. The average molecular weight is 286 g/mol. The third kappa shape index (κ3) is 2.33. The second-order valence-corrected chi connectivity index (χ2v) is 5.28.